The summed E-state index contributed by atoms with van der Waals surface area (Å²) in [7, 11) is 0. The van der Waals surface area contributed by atoms with Crippen molar-refractivity contribution in [3.8, 4) is 0 Å². The Bertz CT molecular complexity index is 795. The molecule has 3 fully saturated rings. The zero-order chi connectivity index (χ0) is 21.3. The van der Waals surface area contributed by atoms with E-state index in [1.807, 2.05) is 17.8 Å². The molecule has 5 rings (SSSR count). The lowest BCUT2D eigenvalue weighted by Gasteiger charge is -2.40. The van der Waals surface area contributed by atoms with Gasteiger partial charge in [0.25, 0.3) is 0 Å². The Morgan fingerprint density at radius 2 is 1.74 bits per heavy atom. The number of thioether (sulfide) groups is 1. The van der Waals surface area contributed by atoms with Gasteiger partial charge in [0.15, 0.2) is 0 Å². The van der Waals surface area contributed by atoms with Crippen molar-refractivity contribution in [1.82, 2.24) is 10.2 Å². The molecule has 5 nitrogen and oxygen atoms in total. The largest absolute Gasteiger partial charge is 0.335 e. The molecule has 2 heterocycles. The van der Waals surface area contributed by atoms with Gasteiger partial charge in [-0.3, -0.25) is 14.7 Å². The van der Waals surface area contributed by atoms with E-state index in [0.29, 0.717) is 0 Å². The summed E-state index contributed by atoms with van der Waals surface area (Å²) < 4.78 is -0.175. The van der Waals surface area contributed by atoms with E-state index in [1.54, 1.807) is 4.90 Å². The predicted octanol–water partition coefficient (Wildman–Crippen LogP) is 4.88. The highest BCUT2D eigenvalue weighted by Crippen LogP contribution is 2.53. The number of urea groups is 1. The smallest absolute Gasteiger partial charge is 0.324 e. The first-order valence-electron chi connectivity index (χ1n) is 12.4. The second-order valence-corrected chi connectivity index (χ2v) is 11.2. The Morgan fingerprint density at radius 1 is 1.00 bits per heavy atom. The van der Waals surface area contributed by atoms with Crippen molar-refractivity contribution in [2.45, 2.75) is 87.5 Å². The van der Waals surface area contributed by atoms with E-state index in [2.05, 4.69) is 23.5 Å². The van der Waals surface area contributed by atoms with Crippen LogP contribution >= 0.6 is 11.8 Å². The minimum Gasteiger partial charge on any atom is -0.335 e. The zero-order valence-electron chi connectivity index (χ0n) is 18.4. The maximum Gasteiger partial charge on any atom is 0.324 e. The van der Waals surface area contributed by atoms with Gasteiger partial charge in [0.2, 0.25) is 5.91 Å². The molecule has 3 aliphatic carbocycles. The highest BCUT2D eigenvalue weighted by Gasteiger charge is 2.55. The molecule has 0 radical (unpaired) electrons. The summed E-state index contributed by atoms with van der Waals surface area (Å²) in [4.78, 5) is 34.0. The van der Waals surface area contributed by atoms with Gasteiger partial charge in [0, 0.05) is 24.4 Å². The van der Waals surface area contributed by atoms with Crippen LogP contribution in [-0.4, -0.2) is 51.7 Å². The molecule has 0 aromatic heterocycles. The highest BCUT2D eigenvalue weighted by molar-refractivity contribution is 8.02. The van der Waals surface area contributed by atoms with Crippen LogP contribution in [0.25, 0.3) is 0 Å². The summed E-state index contributed by atoms with van der Waals surface area (Å²) in [5.41, 5.74) is 1.11. The Kier molecular flexibility index (Phi) is 6.27. The number of hydrogen-bond donors (Lipinski definition) is 1. The van der Waals surface area contributed by atoms with Gasteiger partial charge in [-0.2, -0.15) is 0 Å². The molecule has 3 unspecified atom stereocenters. The van der Waals surface area contributed by atoms with Crippen LogP contribution in [0.3, 0.4) is 0 Å². The monoisotopic (exact) mass is 441 g/mol. The van der Waals surface area contributed by atoms with E-state index in [1.165, 1.54) is 25.7 Å². The molecule has 168 valence electrons. The molecule has 31 heavy (non-hydrogen) atoms. The van der Waals surface area contributed by atoms with Crippen LogP contribution < -0.4 is 5.32 Å². The number of aliphatic imine (C=N–C) groups is 1. The van der Waals surface area contributed by atoms with Gasteiger partial charge in [-0.05, 0) is 44.1 Å². The third kappa shape index (κ3) is 4.01. The number of nitrogens with one attached hydrogen (secondary N) is 1. The summed E-state index contributed by atoms with van der Waals surface area (Å²) in [6, 6.07) is 0.160. The minimum absolute atomic E-state index is 0.0601. The average Bonchev–Trinajstić information content (AvgIpc) is 3.18. The summed E-state index contributed by atoms with van der Waals surface area (Å²) in [6.45, 7) is 0.780. The quantitative estimate of drug-likeness (QED) is 0.679. The molecule has 0 aromatic rings. The first kappa shape index (κ1) is 21.3. The second-order valence-electron chi connectivity index (χ2n) is 9.88. The molecule has 1 spiro atoms. The number of carbonyl (C=O) groups is 2. The Labute approximate surface area is 190 Å². The molecular formula is C25H35N3O2S. The molecule has 5 aliphatic rings. The van der Waals surface area contributed by atoms with Crippen LogP contribution in [0.1, 0.15) is 70.6 Å². The molecular weight excluding hydrogens is 406 g/mol. The highest BCUT2D eigenvalue weighted by atomic mass is 32.2. The lowest BCUT2D eigenvalue weighted by molar-refractivity contribution is -0.135. The van der Waals surface area contributed by atoms with Crippen LogP contribution in [0.4, 0.5) is 4.79 Å². The molecule has 3 amide bonds. The number of nitrogens with zero attached hydrogens (tertiary/aromatic N) is 2. The standard InChI is InChI=1S/C25H35N3O2S/c29-23(20-17-31-25-15-8-7-13-22(25)26-16-14-21(20)25)28(19-11-5-2-6-12-19)24(30)27-18-9-3-1-4-10-18/h7-8,13,15,18-21H,1-6,9-12,14,16-17H2,(H,27,30). The van der Waals surface area contributed by atoms with Crippen molar-refractivity contribution in [3.63, 3.8) is 0 Å². The lowest BCUT2D eigenvalue weighted by Crippen LogP contribution is -2.56. The normalized spacial score (nSPS) is 33.4. The number of imide groups is 1. The summed E-state index contributed by atoms with van der Waals surface area (Å²) in [6.07, 6.45) is 20.5. The Hall–Kier alpha value is -1.56. The number of allylic oxidation sites excluding steroid dienone is 3. The van der Waals surface area contributed by atoms with Crippen molar-refractivity contribution in [3.05, 3.63) is 24.3 Å². The maximum absolute atomic E-state index is 14.0. The fourth-order valence-corrected chi connectivity index (χ4v) is 8.14. The zero-order valence-corrected chi connectivity index (χ0v) is 19.2. The second kappa shape index (κ2) is 9.13. The molecule has 0 aromatic carbocycles. The van der Waals surface area contributed by atoms with E-state index in [9.17, 15) is 9.59 Å². The maximum atomic E-state index is 14.0. The Morgan fingerprint density at radius 3 is 2.52 bits per heavy atom. The van der Waals surface area contributed by atoms with Gasteiger partial charge in [0.05, 0.1) is 16.4 Å². The molecule has 1 saturated heterocycles. The summed E-state index contributed by atoms with van der Waals surface area (Å²) in [5, 5.41) is 3.26. The number of carbonyl (C=O) groups excluding carboxylic acids is 2. The first-order valence-corrected chi connectivity index (χ1v) is 13.4. The number of rotatable bonds is 3. The van der Waals surface area contributed by atoms with Gasteiger partial charge in [-0.1, -0.05) is 56.8 Å². The molecule has 3 atom stereocenters. The fraction of sp³-hybridized carbons (Fsp3) is 0.720. The van der Waals surface area contributed by atoms with Crippen LogP contribution in [0, 0.1) is 11.8 Å². The van der Waals surface area contributed by atoms with E-state index >= 15 is 0 Å². The van der Waals surface area contributed by atoms with Gasteiger partial charge in [-0.15, -0.1) is 11.8 Å². The van der Waals surface area contributed by atoms with Crippen LogP contribution in [0.5, 0.6) is 0 Å². The summed E-state index contributed by atoms with van der Waals surface area (Å²) >= 11 is 1.86. The molecule has 0 bridgehead atoms. The topological polar surface area (TPSA) is 61.8 Å². The number of amides is 3. The fourth-order valence-electron chi connectivity index (χ4n) is 6.36. The van der Waals surface area contributed by atoms with E-state index in [4.69, 9.17) is 4.99 Å². The summed E-state index contributed by atoms with van der Waals surface area (Å²) in [5.74, 6) is 0.970. The van der Waals surface area contributed by atoms with E-state index < -0.39 is 0 Å². The number of hydrogen-bond acceptors (Lipinski definition) is 4. The third-order valence-corrected chi connectivity index (χ3v) is 9.67. The van der Waals surface area contributed by atoms with Crippen molar-refractivity contribution in [1.29, 1.82) is 0 Å². The van der Waals surface area contributed by atoms with Crippen LogP contribution in [-0.2, 0) is 4.79 Å². The molecule has 2 saturated carbocycles. The predicted molar refractivity (Wildman–Crippen MR) is 126 cm³/mol. The van der Waals surface area contributed by atoms with Crippen molar-refractivity contribution < 1.29 is 9.59 Å². The van der Waals surface area contributed by atoms with Crippen LogP contribution in [0.15, 0.2) is 29.3 Å². The van der Waals surface area contributed by atoms with Crippen LogP contribution in [0.2, 0.25) is 0 Å². The lowest BCUT2D eigenvalue weighted by atomic mass is 9.73. The van der Waals surface area contributed by atoms with E-state index in [-0.39, 0.29) is 40.6 Å². The molecule has 2 aliphatic heterocycles. The van der Waals surface area contributed by atoms with Crippen molar-refractivity contribution >= 4 is 29.4 Å². The SMILES string of the molecule is O=C(NC1CCCCC1)N(C(=O)C1CSC23C=CC=CC2=NCCC13)C1CCCCC1. The van der Waals surface area contributed by atoms with Gasteiger partial charge < -0.3 is 5.32 Å². The van der Waals surface area contributed by atoms with Gasteiger partial charge in [0.1, 0.15) is 0 Å². The molecule has 1 N–H and O–H groups in total. The van der Waals surface area contributed by atoms with E-state index in [0.717, 1.165) is 63.0 Å². The first-order chi connectivity index (χ1) is 15.2. The Balaban J connectivity index is 1.38. The third-order valence-electron chi connectivity index (χ3n) is 8.02. The van der Waals surface area contributed by atoms with Gasteiger partial charge >= 0.3 is 6.03 Å². The molecule has 6 heteroatoms. The van der Waals surface area contributed by atoms with Crippen molar-refractivity contribution in [2.75, 3.05) is 12.3 Å². The van der Waals surface area contributed by atoms with Crippen molar-refractivity contribution in [2.24, 2.45) is 16.8 Å². The average molecular weight is 442 g/mol. The van der Waals surface area contributed by atoms with Gasteiger partial charge in [-0.25, -0.2) is 4.79 Å². The minimum atomic E-state index is -0.175.